The Bertz CT molecular complexity index is 1220. The molecule has 2 aliphatic rings. The van der Waals surface area contributed by atoms with E-state index in [1.54, 1.807) is 22.9 Å². The summed E-state index contributed by atoms with van der Waals surface area (Å²) >= 11 is 0. The molecular formula is C22H24N6O3. The van der Waals surface area contributed by atoms with Crippen LogP contribution in [0.5, 0.6) is 5.75 Å². The van der Waals surface area contributed by atoms with E-state index in [9.17, 15) is 9.59 Å². The third-order valence-electron chi connectivity index (χ3n) is 5.76. The summed E-state index contributed by atoms with van der Waals surface area (Å²) in [6, 6.07) is 4.95. The fraction of sp³-hybridized carbons (Fsp3) is 0.364. The van der Waals surface area contributed by atoms with Gasteiger partial charge >= 0.3 is 0 Å². The van der Waals surface area contributed by atoms with Gasteiger partial charge in [-0.2, -0.15) is 5.10 Å². The second-order valence-electron chi connectivity index (χ2n) is 8.25. The molecule has 1 saturated carbocycles. The van der Waals surface area contributed by atoms with Crippen molar-refractivity contribution in [1.29, 1.82) is 0 Å². The van der Waals surface area contributed by atoms with Gasteiger partial charge in [-0.25, -0.2) is 4.98 Å². The number of carbonyl (C=O) groups is 2. The van der Waals surface area contributed by atoms with Crippen molar-refractivity contribution in [2.24, 2.45) is 11.7 Å². The third-order valence-corrected chi connectivity index (χ3v) is 5.76. The number of aryl methyl sites for hydroxylation is 1. The number of anilines is 1. The van der Waals surface area contributed by atoms with Gasteiger partial charge in [0.05, 0.1) is 17.3 Å². The van der Waals surface area contributed by atoms with Crippen molar-refractivity contribution < 1.29 is 14.3 Å². The Balaban J connectivity index is 1.56. The summed E-state index contributed by atoms with van der Waals surface area (Å²) in [7, 11) is 0. The number of nitrogens with zero attached hydrogens (tertiary/aromatic N) is 4. The zero-order valence-electron chi connectivity index (χ0n) is 17.3. The van der Waals surface area contributed by atoms with E-state index in [2.05, 4.69) is 22.0 Å². The first kappa shape index (κ1) is 19.3. The Morgan fingerprint density at radius 3 is 2.87 bits per heavy atom. The maximum atomic E-state index is 13.2. The Hall–Kier alpha value is -3.62. The van der Waals surface area contributed by atoms with Crippen molar-refractivity contribution in [3.8, 4) is 5.75 Å². The minimum absolute atomic E-state index is 0.0807. The number of carbonyl (C=O) groups excluding carboxylic acids is 2. The van der Waals surface area contributed by atoms with Gasteiger partial charge in [0.1, 0.15) is 23.6 Å². The molecule has 0 bridgehead atoms. The number of imidazole rings is 1. The number of ether oxygens (including phenoxy) is 1. The van der Waals surface area contributed by atoms with Crippen LogP contribution >= 0.6 is 0 Å². The lowest BCUT2D eigenvalue weighted by Gasteiger charge is -2.26. The van der Waals surface area contributed by atoms with Crippen molar-refractivity contribution in [1.82, 2.24) is 19.3 Å². The highest BCUT2D eigenvalue weighted by Crippen LogP contribution is 2.38. The number of nitrogens with one attached hydrogen (secondary N) is 1. The highest BCUT2D eigenvalue weighted by atomic mass is 16.5. The Kier molecular flexibility index (Phi) is 4.53. The number of allylic oxidation sites excluding steroid dienone is 1. The molecule has 1 fully saturated rings. The summed E-state index contributed by atoms with van der Waals surface area (Å²) in [6.07, 6.45) is 4.79. The summed E-state index contributed by atoms with van der Waals surface area (Å²) in [6.45, 7) is 6.82. The monoisotopic (exact) mass is 420 g/mol. The summed E-state index contributed by atoms with van der Waals surface area (Å²) in [4.78, 5) is 29.5. The number of hydrogen-bond donors (Lipinski definition) is 2. The SMILES string of the molecule is C=CC[C@H]1COc2cc(C(N)=O)cc3nc(NC(=O)c4cc(C)nn4CC4CC4)n1c23. The van der Waals surface area contributed by atoms with Crippen LogP contribution in [-0.4, -0.2) is 37.8 Å². The second kappa shape index (κ2) is 7.26. The smallest absolute Gasteiger partial charge is 0.276 e. The molecule has 3 aromatic rings. The van der Waals surface area contributed by atoms with Crippen LogP contribution in [0.25, 0.3) is 11.0 Å². The normalized spacial score (nSPS) is 17.4. The average molecular weight is 420 g/mol. The van der Waals surface area contributed by atoms with Crippen LogP contribution in [-0.2, 0) is 6.54 Å². The molecule has 2 aromatic heterocycles. The predicted molar refractivity (Wildman–Crippen MR) is 115 cm³/mol. The Labute approximate surface area is 178 Å². The van der Waals surface area contributed by atoms with E-state index in [1.165, 1.54) is 12.8 Å². The zero-order chi connectivity index (χ0) is 21.7. The topological polar surface area (TPSA) is 117 Å². The van der Waals surface area contributed by atoms with Gasteiger partial charge in [0.25, 0.3) is 5.91 Å². The molecule has 0 unspecified atom stereocenters. The Morgan fingerprint density at radius 1 is 1.35 bits per heavy atom. The van der Waals surface area contributed by atoms with Gasteiger partial charge in [-0.3, -0.25) is 24.2 Å². The molecule has 3 N–H and O–H groups in total. The van der Waals surface area contributed by atoms with Gasteiger partial charge in [-0.15, -0.1) is 6.58 Å². The van der Waals surface area contributed by atoms with Crippen LogP contribution in [0.2, 0.25) is 0 Å². The first-order valence-corrected chi connectivity index (χ1v) is 10.4. The van der Waals surface area contributed by atoms with Crippen LogP contribution in [0.3, 0.4) is 0 Å². The maximum Gasteiger partial charge on any atom is 0.276 e. The van der Waals surface area contributed by atoms with Crippen LogP contribution in [0.1, 0.15) is 51.8 Å². The molecule has 1 aromatic carbocycles. The van der Waals surface area contributed by atoms with Crippen molar-refractivity contribution >= 4 is 28.8 Å². The molecule has 5 rings (SSSR count). The molecule has 31 heavy (non-hydrogen) atoms. The van der Waals surface area contributed by atoms with Crippen molar-refractivity contribution in [2.45, 2.75) is 38.8 Å². The molecule has 9 heteroatoms. The van der Waals surface area contributed by atoms with E-state index in [0.717, 1.165) is 17.8 Å². The number of amides is 2. The number of aromatic nitrogens is 4. The van der Waals surface area contributed by atoms with Crippen molar-refractivity contribution in [3.05, 3.63) is 47.8 Å². The average Bonchev–Trinajstić information content (AvgIpc) is 3.36. The lowest BCUT2D eigenvalue weighted by molar-refractivity contribution is 0.0995. The van der Waals surface area contributed by atoms with E-state index in [-0.39, 0.29) is 11.9 Å². The molecular weight excluding hydrogens is 396 g/mol. The fourth-order valence-electron chi connectivity index (χ4n) is 4.09. The van der Waals surface area contributed by atoms with Gasteiger partial charge in [0, 0.05) is 12.1 Å². The van der Waals surface area contributed by atoms with E-state index in [1.807, 2.05) is 17.6 Å². The quantitative estimate of drug-likeness (QED) is 0.570. The molecule has 9 nitrogen and oxygen atoms in total. The lowest BCUT2D eigenvalue weighted by Crippen LogP contribution is -2.26. The molecule has 2 amide bonds. The third kappa shape index (κ3) is 3.45. The van der Waals surface area contributed by atoms with Gasteiger partial charge in [-0.05, 0) is 50.3 Å². The van der Waals surface area contributed by atoms with Crippen LogP contribution in [0, 0.1) is 12.8 Å². The predicted octanol–water partition coefficient (Wildman–Crippen LogP) is 2.81. The van der Waals surface area contributed by atoms with Crippen LogP contribution < -0.4 is 15.8 Å². The fourth-order valence-corrected chi connectivity index (χ4v) is 4.09. The number of rotatable bonds is 7. The van der Waals surface area contributed by atoms with E-state index in [0.29, 0.717) is 47.4 Å². The van der Waals surface area contributed by atoms with Crippen LogP contribution in [0.15, 0.2) is 30.9 Å². The van der Waals surface area contributed by atoms with Gasteiger partial charge < -0.3 is 10.5 Å². The maximum absolute atomic E-state index is 13.2. The van der Waals surface area contributed by atoms with Crippen molar-refractivity contribution in [2.75, 3.05) is 11.9 Å². The number of benzene rings is 1. The summed E-state index contributed by atoms with van der Waals surface area (Å²) in [5.41, 5.74) is 8.35. The highest BCUT2D eigenvalue weighted by molar-refractivity contribution is 6.04. The molecule has 1 atom stereocenters. The van der Waals surface area contributed by atoms with E-state index >= 15 is 0 Å². The molecule has 0 spiro atoms. The number of primary amides is 1. The number of nitrogens with two attached hydrogens (primary N) is 1. The lowest BCUT2D eigenvalue weighted by atomic mass is 10.1. The molecule has 3 heterocycles. The first-order chi connectivity index (χ1) is 14.9. The molecule has 160 valence electrons. The van der Waals surface area contributed by atoms with E-state index < -0.39 is 5.91 Å². The second-order valence-corrected chi connectivity index (χ2v) is 8.25. The number of hydrogen-bond acceptors (Lipinski definition) is 5. The van der Waals surface area contributed by atoms with Gasteiger partial charge in [0.15, 0.2) is 0 Å². The molecule has 1 aliphatic heterocycles. The van der Waals surface area contributed by atoms with Crippen LogP contribution in [0.4, 0.5) is 5.95 Å². The van der Waals surface area contributed by atoms with E-state index in [4.69, 9.17) is 10.5 Å². The first-order valence-electron chi connectivity index (χ1n) is 10.4. The standard InChI is InChI=1S/C22H24N6O3/c1-3-4-15-11-31-18-9-14(20(23)29)8-16-19(18)28(15)22(24-16)25-21(30)17-7-12(2)26-27(17)10-13-5-6-13/h3,7-9,13,15H,1,4-6,10-11H2,2H3,(H2,23,29)(H,24,25,30)/t15-/m0/s1. The summed E-state index contributed by atoms with van der Waals surface area (Å²) < 4.78 is 9.62. The molecule has 0 radical (unpaired) electrons. The molecule has 1 aliphatic carbocycles. The largest absolute Gasteiger partial charge is 0.489 e. The van der Waals surface area contributed by atoms with Gasteiger partial charge in [-0.1, -0.05) is 6.08 Å². The highest BCUT2D eigenvalue weighted by Gasteiger charge is 2.30. The summed E-state index contributed by atoms with van der Waals surface area (Å²) in [5, 5.41) is 7.44. The minimum atomic E-state index is -0.561. The Morgan fingerprint density at radius 2 is 2.16 bits per heavy atom. The summed E-state index contributed by atoms with van der Waals surface area (Å²) in [5.74, 6) is 0.678. The van der Waals surface area contributed by atoms with Gasteiger partial charge in [0.2, 0.25) is 11.9 Å². The minimum Gasteiger partial charge on any atom is -0.489 e. The zero-order valence-corrected chi connectivity index (χ0v) is 17.3. The molecule has 0 saturated heterocycles. The van der Waals surface area contributed by atoms with Crippen molar-refractivity contribution in [3.63, 3.8) is 0 Å².